The molecule has 100 valence electrons. The molecule has 1 N–H and O–H groups in total. The van der Waals surface area contributed by atoms with E-state index in [4.69, 9.17) is 23.2 Å². The fourth-order valence-corrected chi connectivity index (χ4v) is 2.79. The van der Waals surface area contributed by atoms with Gasteiger partial charge in [-0.05, 0) is 30.3 Å². The van der Waals surface area contributed by atoms with Gasteiger partial charge in [0.05, 0.1) is 10.7 Å². The molecule has 2 aromatic heterocycles. The molecule has 3 aromatic rings. The Morgan fingerprint density at radius 1 is 1.10 bits per heavy atom. The summed E-state index contributed by atoms with van der Waals surface area (Å²) < 4.78 is 0. The van der Waals surface area contributed by atoms with Crippen LogP contribution in [0.5, 0.6) is 0 Å². The van der Waals surface area contributed by atoms with E-state index in [1.165, 1.54) is 11.3 Å². The number of halogens is 2. The van der Waals surface area contributed by atoms with Gasteiger partial charge in [0.15, 0.2) is 5.01 Å². The molecule has 0 aliphatic heterocycles. The minimum absolute atomic E-state index is 0.538. The number of hydrogen-bond acceptors (Lipinski definition) is 5. The molecule has 1 aromatic carbocycles. The quantitative estimate of drug-likeness (QED) is 0.762. The van der Waals surface area contributed by atoms with Crippen LogP contribution in [0.25, 0.3) is 10.6 Å². The second-order valence-corrected chi connectivity index (χ2v) is 5.72. The van der Waals surface area contributed by atoms with Crippen LogP contribution in [0.15, 0.2) is 42.7 Å². The van der Waals surface area contributed by atoms with Crippen LogP contribution in [0, 0.1) is 0 Å². The minimum atomic E-state index is 0.538. The summed E-state index contributed by atoms with van der Waals surface area (Å²) in [5.74, 6) is 0. The molecule has 20 heavy (non-hydrogen) atoms. The summed E-state index contributed by atoms with van der Waals surface area (Å²) in [5, 5.41) is 13.9. The highest BCUT2D eigenvalue weighted by atomic mass is 35.5. The highest BCUT2D eigenvalue weighted by Gasteiger charge is 2.08. The summed E-state index contributed by atoms with van der Waals surface area (Å²) in [4.78, 5) is 4.06. The monoisotopic (exact) mass is 322 g/mol. The van der Waals surface area contributed by atoms with Crippen LogP contribution < -0.4 is 5.32 Å². The number of nitrogens with zero attached hydrogens (tertiary/aromatic N) is 3. The van der Waals surface area contributed by atoms with Crippen molar-refractivity contribution >= 4 is 45.4 Å². The van der Waals surface area contributed by atoms with Crippen LogP contribution in [0.4, 0.5) is 10.8 Å². The molecular weight excluding hydrogens is 315 g/mol. The van der Waals surface area contributed by atoms with Crippen LogP contribution in [-0.2, 0) is 0 Å². The van der Waals surface area contributed by atoms with Gasteiger partial charge in [-0.25, -0.2) is 0 Å². The summed E-state index contributed by atoms with van der Waals surface area (Å²) in [6, 6.07) is 9.04. The highest BCUT2D eigenvalue weighted by Crippen LogP contribution is 2.31. The van der Waals surface area contributed by atoms with Crippen molar-refractivity contribution < 1.29 is 0 Å². The van der Waals surface area contributed by atoms with Crippen molar-refractivity contribution in [1.82, 2.24) is 15.2 Å². The van der Waals surface area contributed by atoms with Crippen molar-refractivity contribution in [2.45, 2.75) is 0 Å². The standard InChI is InChI=1S/C13H8Cl2N4S/c14-9-3-4-11(10(15)6-9)17-13-19-18-12(20-13)8-2-1-5-16-7-8/h1-7H,(H,17,19). The number of aromatic nitrogens is 3. The number of benzene rings is 1. The lowest BCUT2D eigenvalue weighted by atomic mass is 10.3. The molecule has 3 rings (SSSR count). The molecule has 0 spiro atoms. The molecule has 0 atom stereocenters. The maximum absolute atomic E-state index is 6.10. The molecule has 0 aliphatic carbocycles. The van der Waals surface area contributed by atoms with Gasteiger partial charge in [-0.15, -0.1) is 10.2 Å². The van der Waals surface area contributed by atoms with Gasteiger partial charge in [-0.1, -0.05) is 34.5 Å². The average Bonchev–Trinajstić information content (AvgIpc) is 2.92. The van der Waals surface area contributed by atoms with Gasteiger partial charge in [-0.2, -0.15) is 0 Å². The third kappa shape index (κ3) is 2.90. The van der Waals surface area contributed by atoms with Gasteiger partial charge in [0.2, 0.25) is 5.13 Å². The van der Waals surface area contributed by atoms with Crippen LogP contribution in [0.3, 0.4) is 0 Å². The maximum Gasteiger partial charge on any atom is 0.210 e. The largest absolute Gasteiger partial charge is 0.329 e. The van der Waals surface area contributed by atoms with Crippen LogP contribution >= 0.6 is 34.5 Å². The Kier molecular flexibility index (Phi) is 3.82. The molecular formula is C13H8Cl2N4S. The van der Waals surface area contributed by atoms with Gasteiger partial charge >= 0.3 is 0 Å². The van der Waals surface area contributed by atoms with E-state index in [2.05, 4.69) is 20.5 Å². The van der Waals surface area contributed by atoms with E-state index in [9.17, 15) is 0 Å². The van der Waals surface area contributed by atoms with E-state index in [1.54, 1.807) is 30.6 Å². The summed E-state index contributed by atoms with van der Waals surface area (Å²) >= 11 is 13.4. The van der Waals surface area contributed by atoms with Crippen molar-refractivity contribution in [2.75, 3.05) is 5.32 Å². The van der Waals surface area contributed by atoms with Gasteiger partial charge in [0.1, 0.15) is 0 Å². The lowest BCUT2D eigenvalue weighted by Gasteiger charge is -2.04. The summed E-state index contributed by atoms with van der Waals surface area (Å²) in [6.45, 7) is 0. The van der Waals surface area contributed by atoms with E-state index >= 15 is 0 Å². The summed E-state index contributed by atoms with van der Waals surface area (Å²) in [5.41, 5.74) is 1.67. The zero-order chi connectivity index (χ0) is 13.9. The van der Waals surface area contributed by atoms with Gasteiger partial charge in [-0.3, -0.25) is 4.98 Å². The Hall–Kier alpha value is -1.69. The number of anilines is 2. The molecule has 0 saturated heterocycles. The Balaban J connectivity index is 1.84. The predicted molar refractivity (Wildman–Crippen MR) is 82.9 cm³/mol. The second kappa shape index (κ2) is 5.75. The molecule has 0 unspecified atom stereocenters. The fourth-order valence-electron chi connectivity index (χ4n) is 1.59. The topological polar surface area (TPSA) is 50.7 Å². The van der Waals surface area contributed by atoms with Crippen LogP contribution in [-0.4, -0.2) is 15.2 Å². The number of hydrogen-bond donors (Lipinski definition) is 1. The SMILES string of the molecule is Clc1ccc(Nc2nnc(-c3cccnc3)s2)c(Cl)c1. The number of nitrogens with one attached hydrogen (secondary N) is 1. The zero-order valence-corrected chi connectivity index (χ0v) is 12.4. The number of pyridine rings is 1. The van der Waals surface area contributed by atoms with Crippen molar-refractivity contribution in [3.63, 3.8) is 0 Å². The van der Waals surface area contributed by atoms with Crippen molar-refractivity contribution in [3.05, 3.63) is 52.8 Å². The molecule has 4 nitrogen and oxygen atoms in total. The first-order chi connectivity index (χ1) is 9.72. The molecule has 0 bridgehead atoms. The summed E-state index contributed by atoms with van der Waals surface area (Å²) in [6.07, 6.45) is 3.47. The Labute approximate surface area is 129 Å². The first-order valence-electron chi connectivity index (χ1n) is 5.68. The van der Waals surface area contributed by atoms with Crippen molar-refractivity contribution in [3.8, 4) is 10.6 Å². The smallest absolute Gasteiger partial charge is 0.210 e. The van der Waals surface area contributed by atoms with Crippen molar-refractivity contribution in [1.29, 1.82) is 0 Å². The average molecular weight is 323 g/mol. The van der Waals surface area contributed by atoms with E-state index in [0.29, 0.717) is 15.2 Å². The first-order valence-corrected chi connectivity index (χ1v) is 7.25. The lowest BCUT2D eigenvalue weighted by molar-refractivity contribution is 1.09. The van der Waals surface area contributed by atoms with Crippen LogP contribution in [0.1, 0.15) is 0 Å². The third-order valence-corrected chi connectivity index (χ3v) is 3.94. The summed E-state index contributed by atoms with van der Waals surface area (Å²) in [7, 11) is 0. The Morgan fingerprint density at radius 2 is 2.00 bits per heavy atom. The second-order valence-electron chi connectivity index (χ2n) is 3.90. The van der Waals surface area contributed by atoms with E-state index in [-0.39, 0.29) is 0 Å². The normalized spacial score (nSPS) is 10.5. The van der Waals surface area contributed by atoms with E-state index in [1.807, 2.05) is 12.1 Å². The third-order valence-electron chi connectivity index (χ3n) is 2.51. The molecule has 0 amide bonds. The molecule has 0 radical (unpaired) electrons. The Morgan fingerprint density at radius 3 is 2.75 bits per heavy atom. The molecule has 7 heteroatoms. The first kappa shape index (κ1) is 13.3. The zero-order valence-electron chi connectivity index (χ0n) is 10.0. The van der Waals surface area contributed by atoms with Gasteiger partial charge in [0, 0.05) is 23.0 Å². The molecule has 0 saturated carbocycles. The minimum Gasteiger partial charge on any atom is -0.329 e. The fraction of sp³-hybridized carbons (Fsp3) is 0. The molecule has 0 fully saturated rings. The van der Waals surface area contributed by atoms with Crippen molar-refractivity contribution in [2.24, 2.45) is 0 Å². The lowest BCUT2D eigenvalue weighted by Crippen LogP contribution is -1.90. The van der Waals surface area contributed by atoms with Crippen LogP contribution in [0.2, 0.25) is 10.0 Å². The van der Waals surface area contributed by atoms with Gasteiger partial charge in [0.25, 0.3) is 0 Å². The molecule has 2 heterocycles. The Bertz CT molecular complexity index is 730. The van der Waals surface area contributed by atoms with E-state index in [0.717, 1.165) is 16.3 Å². The maximum atomic E-state index is 6.10. The van der Waals surface area contributed by atoms with E-state index < -0.39 is 0 Å². The highest BCUT2D eigenvalue weighted by molar-refractivity contribution is 7.18. The predicted octanol–water partition coefficient (Wildman–Crippen LogP) is 4.65. The molecule has 0 aliphatic rings. The number of rotatable bonds is 3. The van der Waals surface area contributed by atoms with Gasteiger partial charge < -0.3 is 5.32 Å².